The van der Waals surface area contributed by atoms with E-state index in [1.54, 1.807) is 16.9 Å². The maximum absolute atomic E-state index is 13.1. The van der Waals surface area contributed by atoms with E-state index in [-0.39, 0.29) is 29.8 Å². The number of rotatable bonds is 6. The van der Waals surface area contributed by atoms with Gasteiger partial charge < -0.3 is 10.2 Å². The molecule has 2 aromatic rings. The van der Waals surface area contributed by atoms with Crippen LogP contribution in [0.1, 0.15) is 86.1 Å². The van der Waals surface area contributed by atoms with Gasteiger partial charge in [0.25, 0.3) is 11.8 Å². The molecule has 0 aliphatic carbocycles. The highest BCUT2D eigenvalue weighted by Gasteiger charge is 2.32. The minimum atomic E-state index is -0.163. The summed E-state index contributed by atoms with van der Waals surface area (Å²) >= 11 is 0. The third-order valence-corrected chi connectivity index (χ3v) is 5.57. The highest BCUT2D eigenvalue weighted by atomic mass is 16.2. The van der Waals surface area contributed by atoms with E-state index >= 15 is 0 Å². The second-order valence-corrected chi connectivity index (χ2v) is 8.61. The fourth-order valence-corrected chi connectivity index (χ4v) is 3.81. The van der Waals surface area contributed by atoms with Crippen LogP contribution in [-0.2, 0) is 0 Å². The number of piperidine rings is 1. The lowest BCUT2D eigenvalue weighted by atomic mass is 9.92. The van der Waals surface area contributed by atoms with E-state index in [4.69, 9.17) is 0 Å². The van der Waals surface area contributed by atoms with Gasteiger partial charge >= 0.3 is 0 Å². The van der Waals surface area contributed by atoms with E-state index in [2.05, 4.69) is 41.4 Å². The van der Waals surface area contributed by atoms with Crippen LogP contribution < -0.4 is 5.32 Å². The molecule has 3 heterocycles. The maximum Gasteiger partial charge on any atom is 0.274 e. The summed E-state index contributed by atoms with van der Waals surface area (Å²) < 4.78 is 1.71. The molecule has 0 bridgehead atoms. The highest BCUT2D eigenvalue weighted by molar-refractivity contribution is 5.93. The van der Waals surface area contributed by atoms with Crippen molar-refractivity contribution in [3.8, 4) is 0 Å². The SMILES string of the molecule is CC(C)c1cc(C(=O)N2CC[C@@H](C)C[C@H]2CNC(=O)c2ccnn2C(C)C)n[nH]1. The molecule has 0 radical (unpaired) electrons. The quantitative estimate of drug-likeness (QED) is 0.779. The average molecular weight is 401 g/mol. The molecule has 8 heteroatoms. The molecule has 1 aliphatic rings. The summed E-state index contributed by atoms with van der Waals surface area (Å²) in [5.74, 6) is 0.550. The first-order valence-electron chi connectivity index (χ1n) is 10.5. The van der Waals surface area contributed by atoms with Crippen molar-refractivity contribution < 1.29 is 9.59 Å². The second kappa shape index (κ2) is 8.80. The molecule has 0 saturated carbocycles. The van der Waals surface area contributed by atoms with Gasteiger partial charge in [-0.3, -0.25) is 19.4 Å². The van der Waals surface area contributed by atoms with E-state index in [1.165, 1.54) is 0 Å². The van der Waals surface area contributed by atoms with Crippen molar-refractivity contribution in [3.05, 3.63) is 35.4 Å². The van der Waals surface area contributed by atoms with Gasteiger partial charge in [-0.2, -0.15) is 10.2 Å². The van der Waals surface area contributed by atoms with Crippen LogP contribution in [0.5, 0.6) is 0 Å². The number of carbonyl (C=O) groups excluding carboxylic acids is 2. The standard InChI is InChI=1S/C21H32N6O2/c1-13(2)17-11-18(25-24-17)21(29)26-9-7-15(5)10-16(26)12-22-20(28)19-6-8-23-27(19)14(3)4/h6,8,11,13-16H,7,9-10,12H2,1-5H3,(H,22,28)(H,24,25)/t15-,16+/m1/s1. The molecule has 0 aromatic carbocycles. The fraction of sp³-hybridized carbons (Fsp3) is 0.619. The smallest absolute Gasteiger partial charge is 0.274 e. The number of likely N-dealkylation sites (tertiary alicyclic amines) is 1. The Morgan fingerprint density at radius 1 is 1.31 bits per heavy atom. The first-order chi connectivity index (χ1) is 13.8. The molecule has 158 valence electrons. The average Bonchev–Trinajstić information content (AvgIpc) is 3.35. The van der Waals surface area contributed by atoms with E-state index in [0.717, 1.165) is 18.5 Å². The van der Waals surface area contributed by atoms with Crippen LogP contribution in [0.25, 0.3) is 0 Å². The Bertz CT molecular complexity index is 853. The highest BCUT2D eigenvalue weighted by Crippen LogP contribution is 2.24. The Morgan fingerprint density at radius 3 is 2.72 bits per heavy atom. The first-order valence-corrected chi connectivity index (χ1v) is 10.5. The molecular weight excluding hydrogens is 368 g/mol. The lowest BCUT2D eigenvalue weighted by molar-refractivity contribution is 0.0544. The van der Waals surface area contributed by atoms with Crippen LogP contribution in [0.3, 0.4) is 0 Å². The maximum atomic E-state index is 13.1. The van der Waals surface area contributed by atoms with E-state index in [0.29, 0.717) is 30.4 Å². The van der Waals surface area contributed by atoms with E-state index in [9.17, 15) is 9.59 Å². The topological polar surface area (TPSA) is 95.9 Å². The van der Waals surface area contributed by atoms with Gasteiger partial charge in [-0.15, -0.1) is 0 Å². The van der Waals surface area contributed by atoms with Crippen molar-refractivity contribution in [2.24, 2.45) is 5.92 Å². The summed E-state index contributed by atoms with van der Waals surface area (Å²) in [6.07, 6.45) is 3.45. The van der Waals surface area contributed by atoms with Gasteiger partial charge in [-0.1, -0.05) is 20.8 Å². The molecule has 1 saturated heterocycles. The van der Waals surface area contributed by atoms with Crippen LogP contribution >= 0.6 is 0 Å². The zero-order chi connectivity index (χ0) is 21.1. The van der Waals surface area contributed by atoms with Gasteiger partial charge in [0.1, 0.15) is 11.4 Å². The third-order valence-electron chi connectivity index (χ3n) is 5.57. The van der Waals surface area contributed by atoms with Crippen LogP contribution in [0, 0.1) is 5.92 Å². The van der Waals surface area contributed by atoms with Gasteiger partial charge in [0.15, 0.2) is 0 Å². The van der Waals surface area contributed by atoms with Gasteiger partial charge in [0.2, 0.25) is 0 Å². The van der Waals surface area contributed by atoms with Gasteiger partial charge in [0.05, 0.1) is 0 Å². The Kier molecular flexibility index (Phi) is 6.39. The lowest BCUT2D eigenvalue weighted by Crippen LogP contribution is -2.51. The number of amides is 2. The molecule has 2 amide bonds. The zero-order valence-corrected chi connectivity index (χ0v) is 18.0. The summed E-state index contributed by atoms with van der Waals surface area (Å²) in [6, 6.07) is 3.61. The van der Waals surface area contributed by atoms with Crippen molar-refractivity contribution >= 4 is 11.8 Å². The molecule has 3 rings (SSSR count). The first kappa shape index (κ1) is 21.1. The Balaban J connectivity index is 1.70. The van der Waals surface area contributed by atoms with Crippen molar-refractivity contribution in [2.45, 2.75) is 65.5 Å². The van der Waals surface area contributed by atoms with E-state index < -0.39 is 0 Å². The summed E-state index contributed by atoms with van der Waals surface area (Å²) in [5.41, 5.74) is 1.93. The normalized spacial score (nSPS) is 19.8. The van der Waals surface area contributed by atoms with Crippen molar-refractivity contribution in [1.29, 1.82) is 0 Å². The predicted octanol–water partition coefficient (Wildman–Crippen LogP) is 2.98. The molecule has 1 aliphatic heterocycles. The molecule has 8 nitrogen and oxygen atoms in total. The molecule has 2 atom stereocenters. The Hall–Kier alpha value is -2.64. The number of H-pyrrole nitrogens is 1. The third kappa shape index (κ3) is 4.68. The van der Waals surface area contributed by atoms with Gasteiger partial charge in [-0.25, -0.2) is 0 Å². The summed E-state index contributed by atoms with van der Waals surface area (Å²) in [7, 11) is 0. The van der Waals surface area contributed by atoms with Crippen LogP contribution in [0.2, 0.25) is 0 Å². The minimum Gasteiger partial charge on any atom is -0.349 e. The number of aromatic nitrogens is 4. The molecule has 0 unspecified atom stereocenters. The van der Waals surface area contributed by atoms with Gasteiger partial charge in [0, 0.05) is 37.1 Å². The molecule has 29 heavy (non-hydrogen) atoms. The zero-order valence-electron chi connectivity index (χ0n) is 18.0. The number of aromatic amines is 1. The van der Waals surface area contributed by atoms with Crippen LogP contribution in [0.4, 0.5) is 0 Å². The largest absolute Gasteiger partial charge is 0.349 e. The van der Waals surface area contributed by atoms with Crippen LogP contribution in [-0.4, -0.2) is 55.8 Å². The Morgan fingerprint density at radius 2 is 2.07 bits per heavy atom. The molecule has 2 aromatic heterocycles. The number of hydrogen-bond acceptors (Lipinski definition) is 4. The summed E-state index contributed by atoms with van der Waals surface area (Å²) in [6.45, 7) is 11.4. The lowest BCUT2D eigenvalue weighted by Gasteiger charge is -2.38. The van der Waals surface area contributed by atoms with Crippen molar-refractivity contribution in [2.75, 3.05) is 13.1 Å². The number of nitrogens with one attached hydrogen (secondary N) is 2. The van der Waals surface area contributed by atoms with Crippen molar-refractivity contribution in [1.82, 2.24) is 30.2 Å². The minimum absolute atomic E-state index is 0.0511. The van der Waals surface area contributed by atoms with E-state index in [1.807, 2.05) is 24.8 Å². The predicted molar refractivity (Wildman–Crippen MR) is 111 cm³/mol. The fourth-order valence-electron chi connectivity index (χ4n) is 3.81. The van der Waals surface area contributed by atoms with Crippen LogP contribution in [0.15, 0.2) is 18.3 Å². The monoisotopic (exact) mass is 400 g/mol. The molecule has 0 spiro atoms. The number of hydrogen-bond donors (Lipinski definition) is 2. The van der Waals surface area contributed by atoms with Gasteiger partial charge in [-0.05, 0) is 50.7 Å². The summed E-state index contributed by atoms with van der Waals surface area (Å²) in [4.78, 5) is 27.6. The second-order valence-electron chi connectivity index (χ2n) is 8.61. The number of nitrogens with zero attached hydrogens (tertiary/aromatic N) is 4. The number of carbonyl (C=O) groups is 2. The molecule has 1 fully saturated rings. The Labute approximate surface area is 172 Å². The van der Waals surface area contributed by atoms with Crippen molar-refractivity contribution in [3.63, 3.8) is 0 Å². The molecule has 2 N–H and O–H groups in total. The molecular formula is C21H32N6O2. The summed E-state index contributed by atoms with van der Waals surface area (Å²) in [5, 5.41) is 14.4.